The molecule has 0 saturated heterocycles. The molecule has 0 aliphatic rings. The number of furan rings is 1. The van der Waals surface area contributed by atoms with Crippen molar-refractivity contribution in [3.63, 3.8) is 0 Å². The van der Waals surface area contributed by atoms with Crippen molar-refractivity contribution in [2.24, 2.45) is 12.0 Å². The lowest BCUT2D eigenvalue weighted by atomic mass is 10.1. The van der Waals surface area contributed by atoms with Crippen LogP contribution >= 0.6 is 0 Å². The van der Waals surface area contributed by atoms with E-state index in [0.29, 0.717) is 0 Å². The smallest absolute Gasteiger partial charge is 0.177 e. The lowest BCUT2D eigenvalue weighted by molar-refractivity contribution is -0.368. The fourth-order valence-corrected chi connectivity index (χ4v) is 4.17. The predicted octanol–water partition coefficient (Wildman–Crippen LogP) is 2.94. The maximum absolute atomic E-state index is 6.30. The summed E-state index contributed by atoms with van der Waals surface area (Å²) < 4.78 is 14.2. The van der Waals surface area contributed by atoms with Gasteiger partial charge >= 0.3 is 0 Å². The second-order valence-electron chi connectivity index (χ2n) is 7.79. The van der Waals surface area contributed by atoms with Crippen LogP contribution in [0.25, 0.3) is 33.0 Å². The van der Waals surface area contributed by atoms with Gasteiger partial charge in [0.25, 0.3) is 0 Å². The molecule has 0 radical (unpaired) electrons. The van der Waals surface area contributed by atoms with Gasteiger partial charge in [-0.05, 0) is 38.2 Å². The van der Waals surface area contributed by atoms with E-state index in [4.69, 9.17) is 14.1 Å². The van der Waals surface area contributed by atoms with Gasteiger partial charge in [0.05, 0.1) is 24.7 Å². The summed E-state index contributed by atoms with van der Waals surface area (Å²) in [6, 6.07) is 14.3. The van der Waals surface area contributed by atoms with Crippen molar-refractivity contribution in [2.75, 3.05) is 40.3 Å². The maximum Gasteiger partial charge on any atom is 0.177 e. The standard InChI is InChI=1S/C24H30N4O2/c1-27(15-7-13-25)16-8-14-26-21-18-10-6-12-20(29-3)22(18)28(2)23-17-9-4-5-11-19(17)30-24(21)23/h4-6,9-12H,7-8,13-16,25H2,1-3H3/p+1. The van der Waals surface area contributed by atoms with Gasteiger partial charge in [-0.25, -0.2) is 0 Å². The SMILES string of the molecule is COc1cccc2c(=NCCCN(C)CCC[NH3+])c3oc4ccccc4c3n(C)c12. The van der Waals surface area contributed by atoms with E-state index in [-0.39, 0.29) is 0 Å². The van der Waals surface area contributed by atoms with Crippen molar-refractivity contribution in [3.8, 4) is 5.75 Å². The molecule has 0 atom stereocenters. The van der Waals surface area contributed by atoms with Crippen LogP contribution in [0.2, 0.25) is 0 Å². The Morgan fingerprint density at radius 3 is 2.60 bits per heavy atom. The molecule has 0 amide bonds. The van der Waals surface area contributed by atoms with Crippen LogP contribution in [0.3, 0.4) is 0 Å². The lowest BCUT2D eigenvalue weighted by Gasteiger charge is -2.14. The lowest BCUT2D eigenvalue weighted by Crippen LogP contribution is -2.51. The number of para-hydroxylation sites is 2. The Bertz CT molecular complexity index is 1240. The van der Waals surface area contributed by atoms with Gasteiger partial charge in [0.1, 0.15) is 16.7 Å². The van der Waals surface area contributed by atoms with Crippen molar-refractivity contribution >= 4 is 33.0 Å². The van der Waals surface area contributed by atoms with Gasteiger partial charge in [-0.3, -0.25) is 4.99 Å². The first-order valence-corrected chi connectivity index (χ1v) is 10.6. The Morgan fingerprint density at radius 1 is 1.03 bits per heavy atom. The molecule has 2 heterocycles. The fourth-order valence-electron chi connectivity index (χ4n) is 4.17. The first-order valence-electron chi connectivity index (χ1n) is 10.6. The number of rotatable bonds is 8. The number of hydrogen-bond acceptors (Lipinski definition) is 4. The number of ether oxygens (including phenoxy) is 1. The number of nitrogens with zero attached hydrogens (tertiary/aromatic N) is 3. The summed E-state index contributed by atoms with van der Waals surface area (Å²) in [7, 11) is 5.94. The molecule has 0 bridgehead atoms. The fraction of sp³-hybridized carbons (Fsp3) is 0.375. The third kappa shape index (κ3) is 3.68. The molecule has 4 rings (SSSR count). The van der Waals surface area contributed by atoms with E-state index in [9.17, 15) is 0 Å². The molecule has 0 aliphatic heterocycles. The Labute approximate surface area is 176 Å². The van der Waals surface area contributed by atoms with Crippen LogP contribution in [0.5, 0.6) is 5.75 Å². The topological polar surface area (TPSA) is 70.5 Å². The molecule has 2 aromatic carbocycles. The van der Waals surface area contributed by atoms with Crippen molar-refractivity contribution in [3.05, 3.63) is 47.8 Å². The molecule has 6 nitrogen and oxygen atoms in total. The zero-order valence-corrected chi connectivity index (χ0v) is 18.1. The van der Waals surface area contributed by atoms with Crippen LogP contribution < -0.4 is 15.8 Å². The van der Waals surface area contributed by atoms with E-state index in [1.54, 1.807) is 7.11 Å². The third-order valence-electron chi connectivity index (χ3n) is 5.69. The Kier molecular flexibility index (Phi) is 6.06. The molecule has 0 spiro atoms. The minimum Gasteiger partial charge on any atom is -0.495 e. The van der Waals surface area contributed by atoms with E-state index in [2.05, 4.69) is 41.4 Å². The highest BCUT2D eigenvalue weighted by Crippen LogP contribution is 2.32. The second kappa shape index (κ2) is 8.90. The highest BCUT2D eigenvalue weighted by atomic mass is 16.5. The zero-order chi connectivity index (χ0) is 21.1. The summed E-state index contributed by atoms with van der Waals surface area (Å²) in [5.41, 5.74) is 7.72. The number of benzene rings is 2. The molecule has 0 unspecified atom stereocenters. The maximum atomic E-state index is 6.30. The van der Waals surface area contributed by atoms with Crippen LogP contribution in [0.1, 0.15) is 12.8 Å². The first-order chi connectivity index (χ1) is 14.7. The van der Waals surface area contributed by atoms with Gasteiger partial charge in [0, 0.05) is 37.3 Å². The number of aryl methyl sites for hydroxylation is 1. The predicted molar refractivity (Wildman–Crippen MR) is 122 cm³/mol. The van der Waals surface area contributed by atoms with Gasteiger partial charge in [-0.1, -0.05) is 24.3 Å². The highest BCUT2D eigenvalue weighted by molar-refractivity contribution is 6.07. The normalized spacial score (nSPS) is 12.6. The van der Waals surface area contributed by atoms with Crippen molar-refractivity contribution in [1.29, 1.82) is 0 Å². The van der Waals surface area contributed by atoms with Gasteiger partial charge in [0.15, 0.2) is 5.58 Å². The Balaban J connectivity index is 1.85. The molecule has 3 N–H and O–H groups in total. The summed E-state index contributed by atoms with van der Waals surface area (Å²) in [6.07, 6.45) is 2.13. The summed E-state index contributed by atoms with van der Waals surface area (Å²) >= 11 is 0. The molecule has 30 heavy (non-hydrogen) atoms. The third-order valence-corrected chi connectivity index (χ3v) is 5.69. The molecular formula is C24H31N4O2+. The van der Waals surface area contributed by atoms with E-state index in [1.165, 1.54) is 0 Å². The van der Waals surface area contributed by atoms with E-state index < -0.39 is 0 Å². The number of hydrogen-bond donors (Lipinski definition) is 1. The number of fused-ring (bicyclic) bond motifs is 4. The number of pyridine rings is 1. The number of methoxy groups -OCH3 is 1. The van der Waals surface area contributed by atoms with Crippen molar-refractivity contribution in [1.82, 2.24) is 9.47 Å². The second-order valence-corrected chi connectivity index (χ2v) is 7.79. The van der Waals surface area contributed by atoms with E-state index >= 15 is 0 Å². The Morgan fingerprint density at radius 2 is 1.80 bits per heavy atom. The summed E-state index contributed by atoms with van der Waals surface area (Å²) in [5.74, 6) is 0.839. The number of quaternary nitrogens is 1. The van der Waals surface area contributed by atoms with Crippen LogP contribution in [-0.4, -0.2) is 49.8 Å². The zero-order valence-electron chi connectivity index (χ0n) is 18.1. The van der Waals surface area contributed by atoms with Crippen LogP contribution in [0.4, 0.5) is 0 Å². The highest BCUT2D eigenvalue weighted by Gasteiger charge is 2.17. The first kappa shape index (κ1) is 20.4. The molecule has 0 saturated carbocycles. The van der Waals surface area contributed by atoms with Crippen molar-refractivity contribution in [2.45, 2.75) is 12.8 Å². The monoisotopic (exact) mass is 407 g/mol. The molecule has 4 aromatic rings. The van der Waals surface area contributed by atoms with Crippen LogP contribution in [0, 0.1) is 0 Å². The van der Waals surface area contributed by atoms with Gasteiger partial charge in [-0.2, -0.15) is 0 Å². The molecular weight excluding hydrogens is 376 g/mol. The van der Waals surface area contributed by atoms with Gasteiger partial charge in [-0.15, -0.1) is 0 Å². The minimum atomic E-state index is 0.751. The van der Waals surface area contributed by atoms with Gasteiger partial charge < -0.3 is 24.4 Å². The molecule has 2 aromatic heterocycles. The molecule has 0 fully saturated rings. The molecule has 158 valence electrons. The summed E-state index contributed by atoms with van der Waals surface area (Å²) in [6.45, 7) is 3.84. The quantitative estimate of drug-likeness (QED) is 0.457. The average Bonchev–Trinajstić information content (AvgIpc) is 3.16. The average molecular weight is 408 g/mol. The summed E-state index contributed by atoms with van der Waals surface area (Å²) in [5, 5.41) is 3.05. The minimum absolute atomic E-state index is 0.751. The van der Waals surface area contributed by atoms with E-state index in [1.807, 2.05) is 30.3 Å². The van der Waals surface area contributed by atoms with Crippen LogP contribution in [0.15, 0.2) is 51.9 Å². The molecule has 6 heteroatoms. The summed E-state index contributed by atoms with van der Waals surface area (Å²) in [4.78, 5) is 7.38. The van der Waals surface area contributed by atoms with Crippen LogP contribution in [-0.2, 0) is 7.05 Å². The van der Waals surface area contributed by atoms with E-state index in [0.717, 1.165) is 83.1 Å². The molecule has 0 aliphatic carbocycles. The largest absolute Gasteiger partial charge is 0.495 e. The van der Waals surface area contributed by atoms with Crippen molar-refractivity contribution < 1.29 is 14.9 Å². The number of aromatic nitrogens is 1. The Hall–Kier alpha value is -2.83. The van der Waals surface area contributed by atoms with Gasteiger partial charge in [0.2, 0.25) is 0 Å².